The van der Waals surface area contributed by atoms with Gasteiger partial charge in [-0.15, -0.1) is 0 Å². The minimum Gasteiger partial charge on any atom is -0.507 e. The Balaban J connectivity index is 2.42. The van der Waals surface area contributed by atoms with E-state index in [1.54, 1.807) is 18.2 Å². The number of rotatable bonds is 2. The molecule has 2 aromatic rings. The molecule has 0 bridgehead atoms. The Morgan fingerprint density at radius 3 is 2.41 bits per heavy atom. The van der Waals surface area contributed by atoms with Crippen LogP contribution >= 0.6 is 0 Å². The van der Waals surface area contributed by atoms with Crippen LogP contribution in [0.1, 0.15) is 12.5 Å². The predicted molar refractivity (Wildman–Crippen MR) is 70.8 cm³/mol. The molecule has 0 heterocycles. The standard InChI is InChI=1S/C14H14N2O/c1-10(11-6-2-5-9-14(11)17)16-13-8-4-3-7-12(13)15/h2-9,17H,15H2,1H3. The molecule has 2 rings (SSSR count). The molecule has 0 radical (unpaired) electrons. The number of nitrogens with zero attached hydrogens (tertiary/aromatic N) is 1. The Morgan fingerprint density at radius 1 is 1.06 bits per heavy atom. The van der Waals surface area contributed by atoms with Gasteiger partial charge in [-0.2, -0.15) is 0 Å². The molecule has 3 heteroatoms. The van der Waals surface area contributed by atoms with Gasteiger partial charge >= 0.3 is 0 Å². The molecule has 0 atom stereocenters. The van der Waals surface area contributed by atoms with Crippen molar-refractivity contribution < 1.29 is 5.11 Å². The summed E-state index contributed by atoms with van der Waals surface area (Å²) >= 11 is 0. The second-order valence-electron chi connectivity index (χ2n) is 3.77. The first-order valence-corrected chi connectivity index (χ1v) is 5.36. The number of phenols is 1. The lowest BCUT2D eigenvalue weighted by Gasteiger charge is -2.05. The number of aliphatic imine (C=N–C) groups is 1. The van der Waals surface area contributed by atoms with Crippen molar-refractivity contribution in [1.82, 2.24) is 0 Å². The molecule has 0 saturated heterocycles. The number of nitrogens with two attached hydrogens (primary N) is 1. The molecule has 0 fully saturated rings. The summed E-state index contributed by atoms with van der Waals surface area (Å²) in [4.78, 5) is 4.42. The molecule has 0 spiro atoms. The molecular formula is C14H14N2O. The Kier molecular flexibility index (Phi) is 3.10. The summed E-state index contributed by atoms with van der Waals surface area (Å²) in [6.07, 6.45) is 0. The SMILES string of the molecule is CC(=Nc1ccccc1N)c1ccccc1O. The minimum atomic E-state index is 0.225. The van der Waals surface area contributed by atoms with Crippen LogP contribution in [0.2, 0.25) is 0 Å². The maximum Gasteiger partial charge on any atom is 0.124 e. The third-order valence-corrected chi connectivity index (χ3v) is 2.52. The van der Waals surface area contributed by atoms with E-state index < -0.39 is 0 Å². The maximum absolute atomic E-state index is 9.72. The van der Waals surface area contributed by atoms with Crippen molar-refractivity contribution in [2.75, 3.05) is 5.73 Å². The summed E-state index contributed by atoms with van der Waals surface area (Å²) in [6, 6.07) is 14.5. The Morgan fingerprint density at radius 2 is 1.71 bits per heavy atom. The van der Waals surface area contributed by atoms with Gasteiger partial charge in [0.15, 0.2) is 0 Å². The van der Waals surface area contributed by atoms with Crippen LogP contribution in [-0.4, -0.2) is 10.8 Å². The molecule has 0 saturated carbocycles. The Bertz CT molecular complexity index is 562. The summed E-state index contributed by atoms with van der Waals surface area (Å²) in [5, 5.41) is 9.72. The van der Waals surface area contributed by atoms with Gasteiger partial charge in [-0.1, -0.05) is 24.3 Å². The van der Waals surface area contributed by atoms with Crippen LogP contribution in [0.25, 0.3) is 0 Å². The summed E-state index contributed by atoms with van der Waals surface area (Å²) in [7, 11) is 0. The molecule has 0 unspecified atom stereocenters. The van der Waals surface area contributed by atoms with Crippen LogP contribution in [0.5, 0.6) is 5.75 Å². The van der Waals surface area contributed by atoms with Crippen LogP contribution < -0.4 is 5.73 Å². The van der Waals surface area contributed by atoms with E-state index in [-0.39, 0.29) is 5.75 Å². The van der Waals surface area contributed by atoms with Crippen molar-refractivity contribution in [1.29, 1.82) is 0 Å². The first kappa shape index (κ1) is 11.2. The summed E-state index contributed by atoms with van der Waals surface area (Å²) < 4.78 is 0. The smallest absolute Gasteiger partial charge is 0.124 e. The summed E-state index contributed by atoms with van der Waals surface area (Å²) in [6.45, 7) is 1.85. The van der Waals surface area contributed by atoms with E-state index in [0.717, 1.165) is 11.3 Å². The number of hydrogen-bond donors (Lipinski definition) is 2. The van der Waals surface area contributed by atoms with E-state index in [4.69, 9.17) is 5.73 Å². The highest BCUT2D eigenvalue weighted by atomic mass is 16.3. The van der Waals surface area contributed by atoms with Crippen LogP contribution in [0, 0.1) is 0 Å². The van der Waals surface area contributed by atoms with Gasteiger partial charge in [0.1, 0.15) is 5.75 Å². The average molecular weight is 226 g/mol. The van der Waals surface area contributed by atoms with E-state index in [1.807, 2.05) is 37.3 Å². The molecule has 0 aliphatic heterocycles. The molecule has 0 aliphatic rings. The highest BCUT2D eigenvalue weighted by Gasteiger charge is 2.04. The Hall–Kier alpha value is -2.29. The van der Waals surface area contributed by atoms with Gasteiger partial charge in [-0.25, -0.2) is 0 Å². The average Bonchev–Trinajstić information content (AvgIpc) is 2.32. The first-order chi connectivity index (χ1) is 8.18. The fourth-order valence-electron chi connectivity index (χ4n) is 1.61. The number of benzene rings is 2. The first-order valence-electron chi connectivity index (χ1n) is 5.36. The zero-order chi connectivity index (χ0) is 12.3. The maximum atomic E-state index is 9.72. The van der Waals surface area contributed by atoms with Crippen LogP contribution in [-0.2, 0) is 0 Å². The molecule has 3 N–H and O–H groups in total. The van der Waals surface area contributed by atoms with Gasteiger partial charge < -0.3 is 10.8 Å². The lowest BCUT2D eigenvalue weighted by atomic mass is 10.1. The largest absolute Gasteiger partial charge is 0.507 e. The molecule has 17 heavy (non-hydrogen) atoms. The fraction of sp³-hybridized carbons (Fsp3) is 0.0714. The van der Waals surface area contributed by atoms with Gasteiger partial charge in [-0.05, 0) is 31.2 Å². The Labute approximate surface area is 100 Å². The zero-order valence-electron chi connectivity index (χ0n) is 9.59. The number of nitrogen functional groups attached to an aromatic ring is 1. The fourth-order valence-corrected chi connectivity index (χ4v) is 1.61. The second-order valence-corrected chi connectivity index (χ2v) is 3.77. The summed E-state index contributed by atoms with van der Waals surface area (Å²) in [5.74, 6) is 0.225. The van der Waals surface area contributed by atoms with Crippen molar-refractivity contribution >= 4 is 17.1 Å². The van der Waals surface area contributed by atoms with Crippen molar-refractivity contribution in [3.63, 3.8) is 0 Å². The predicted octanol–water partition coefficient (Wildman–Crippen LogP) is 3.12. The molecule has 2 aromatic carbocycles. The van der Waals surface area contributed by atoms with E-state index in [0.29, 0.717) is 11.4 Å². The van der Waals surface area contributed by atoms with Crippen molar-refractivity contribution in [2.45, 2.75) is 6.92 Å². The lowest BCUT2D eigenvalue weighted by Crippen LogP contribution is -1.95. The van der Waals surface area contributed by atoms with Crippen molar-refractivity contribution in [3.8, 4) is 5.75 Å². The number of phenolic OH excluding ortho intramolecular Hbond substituents is 1. The zero-order valence-corrected chi connectivity index (χ0v) is 9.59. The van der Waals surface area contributed by atoms with Gasteiger partial charge in [-0.3, -0.25) is 4.99 Å². The highest BCUT2D eigenvalue weighted by molar-refractivity contribution is 6.02. The molecular weight excluding hydrogens is 212 g/mol. The quantitative estimate of drug-likeness (QED) is 0.610. The van der Waals surface area contributed by atoms with Crippen molar-refractivity contribution in [3.05, 3.63) is 54.1 Å². The molecule has 0 aliphatic carbocycles. The number of anilines is 1. The van der Waals surface area contributed by atoms with Crippen LogP contribution in [0.15, 0.2) is 53.5 Å². The lowest BCUT2D eigenvalue weighted by molar-refractivity contribution is 0.474. The third-order valence-electron chi connectivity index (χ3n) is 2.52. The molecule has 86 valence electrons. The topological polar surface area (TPSA) is 58.6 Å². The van der Waals surface area contributed by atoms with E-state index >= 15 is 0 Å². The third kappa shape index (κ3) is 2.45. The molecule has 0 aromatic heterocycles. The van der Waals surface area contributed by atoms with Gasteiger partial charge in [0.2, 0.25) is 0 Å². The monoisotopic (exact) mass is 226 g/mol. The normalized spacial score (nSPS) is 11.5. The molecule has 3 nitrogen and oxygen atoms in total. The van der Waals surface area contributed by atoms with Crippen LogP contribution in [0.4, 0.5) is 11.4 Å². The second kappa shape index (κ2) is 4.70. The van der Waals surface area contributed by atoms with E-state index in [1.165, 1.54) is 0 Å². The molecule has 0 amide bonds. The van der Waals surface area contributed by atoms with E-state index in [2.05, 4.69) is 4.99 Å². The number of aromatic hydroxyl groups is 1. The van der Waals surface area contributed by atoms with Gasteiger partial charge in [0.05, 0.1) is 11.4 Å². The minimum absolute atomic E-state index is 0.225. The number of hydrogen-bond acceptors (Lipinski definition) is 3. The van der Waals surface area contributed by atoms with Gasteiger partial charge in [0.25, 0.3) is 0 Å². The van der Waals surface area contributed by atoms with Crippen LogP contribution in [0.3, 0.4) is 0 Å². The van der Waals surface area contributed by atoms with Gasteiger partial charge in [0, 0.05) is 11.3 Å². The summed E-state index contributed by atoms with van der Waals surface area (Å²) in [5.41, 5.74) is 8.61. The highest BCUT2D eigenvalue weighted by Crippen LogP contribution is 2.24. The van der Waals surface area contributed by atoms with E-state index in [9.17, 15) is 5.11 Å². The van der Waals surface area contributed by atoms with Crippen molar-refractivity contribution in [2.24, 2.45) is 4.99 Å². The number of para-hydroxylation sites is 3.